The fraction of sp³-hybridized carbons (Fsp3) is 0.400. The number of amides is 1. The smallest absolute Gasteiger partial charge is 0.248 e. The fourth-order valence-corrected chi connectivity index (χ4v) is 4.95. The molecule has 3 aliphatic heterocycles. The summed E-state index contributed by atoms with van der Waals surface area (Å²) < 4.78 is 0. The summed E-state index contributed by atoms with van der Waals surface area (Å²) in [6.07, 6.45) is 6.22. The molecule has 1 amide bonds. The number of fused-ring (bicyclic) bond motifs is 1. The number of carbonyl (C=O) groups is 1. The molecule has 25 heavy (non-hydrogen) atoms. The first-order chi connectivity index (χ1) is 11.7. The number of nitrogens with zero attached hydrogens (tertiary/aromatic N) is 2. The van der Waals surface area contributed by atoms with Crippen LogP contribution in [0, 0.1) is 17.8 Å². The van der Waals surface area contributed by atoms with Gasteiger partial charge in [0.2, 0.25) is 5.91 Å². The third-order valence-electron chi connectivity index (χ3n) is 5.82. The first kappa shape index (κ1) is 16.3. The SMILES string of the molecule is O=C(C=C1C2CC3CC1CN(C3)C2)Nc1ccc2ncccc2c1.[B]. The van der Waals surface area contributed by atoms with E-state index in [1.807, 2.05) is 36.4 Å². The minimum absolute atomic E-state index is 0. The van der Waals surface area contributed by atoms with E-state index in [1.54, 1.807) is 6.20 Å². The molecule has 5 heteroatoms. The molecule has 3 radical (unpaired) electrons. The molecule has 4 heterocycles. The molecule has 0 spiro atoms. The van der Waals surface area contributed by atoms with Crippen molar-refractivity contribution < 1.29 is 4.79 Å². The zero-order chi connectivity index (χ0) is 16.1. The van der Waals surface area contributed by atoms with Crippen molar-refractivity contribution in [1.82, 2.24) is 9.88 Å². The highest BCUT2D eigenvalue weighted by Crippen LogP contribution is 2.46. The second-order valence-corrected chi connectivity index (χ2v) is 7.49. The number of benzene rings is 1. The van der Waals surface area contributed by atoms with E-state index in [9.17, 15) is 4.79 Å². The molecule has 4 aliphatic rings. The van der Waals surface area contributed by atoms with Crippen molar-refractivity contribution in [2.45, 2.75) is 12.8 Å². The van der Waals surface area contributed by atoms with Crippen molar-refractivity contribution in [2.24, 2.45) is 17.8 Å². The summed E-state index contributed by atoms with van der Waals surface area (Å²) in [5, 5.41) is 4.08. The van der Waals surface area contributed by atoms with Gasteiger partial charge in [0, 0.05) is 51.4 Å². The van der Waals surface area contributed by atoms with Crippen LogP contribution in [0.15, 0.2) is 48.2 Å². The van der Waals surface area contributed by atoms with Gasteiger partial charge >= 0.3 is 0 Å². The largest absolute Gasteiger partial charge is 0.322 e. The van der Waals surface area contributed by atoms with E-state index in [2.05, 4.69) is 15.2 Å². The van der Waals surface area contributed by atoms with Crippen LogP contribution in [0.1, 0.15) is 12.8 Å². The van der Waals surface area contributed by atoms with Gasteiger partial charge in [-0.3, -0.25) is 9.78 Å². The highest BCUT2D eigenvalue weighted by atomic mass is 16.1. The van der Waals surface area contributed by atoms with Gasteiger partial charge in [0.05, 0.1) is 5.52 Å². The molecule has 2 aromatic rings. The third-order valence-corrected chi connectivity index (χ3v) is 5.82. The lowest BCUT2D eigenvalue weighted by molar-refractivity contribution is -0.112. The van der Waals surface area contributed by atoms with Crippen molar-refractivity contribution in [3.63, 3.8) is 0 Å². The quantitative estimate of drug-likeness (QED) is 0.680. The predicted molar refractivity (Wildman–Crippen MR) is 100 cm³/mol. The van der Waals surface area contributed by atoms with Gasteiger partial charge in [0.1, 0.15) is 0 Å². The van der Waals surface area contributed by atoms with Crippen LogP contribution in [0.4, 0.5) is 5.69 Å². The maximum atomic E-state index is 12.5. The lowest BCUT2D eigenvalue weighted by atomic mass is 9.65. The predicted octanol–water partition coefficient (Wildman–Crippen LogP) is 2.69. The minimum Gasteiger partial charge on any atom is -0.322 e. The van der Waals surface area contributed by atoms with Gasteiger partial charge in [0.25, 0.3) is 0 Å². The van der Waals surface area contributed by atoms with Crippen LogP contribution in [-0.4, -0.2) is 43.8 Å². The van der Waals surface area contributed by atoms with Crippen LogP contribution in [0.3, 0.4) is 0 Å². The summed E-state index contributed by atoms with van der Waals surface area (Å²) in [5.74, 6) is 2.07. The van der Waals surface area contributed by atoms with Gasteiger partial charge in [-0.2, -0.15) is 0 Å². The highest BCUT2D eigenvalue weighted by molar-refractivity contribution is 6.01. The van der Waals surface area contributed by atoms with Gasteiger partial charge in [0.15, 0.2) is 0 Å². The van der Waals surface area contributed by atoms with Gasteiger partial charge < -0.3 is 10.2 Å². The van der Waals surface area contributed by atoms with Gasteiger partial charge in [-0.05, 0) is 54.9 Å². The van der Waals surface area contributed by atoms with Crippen molar-refractivity contribution >= 4 is 30.9 Å². The van der Waals surface area contributed by atoms with Crippen molar-refractivity contribution in [3.8, 4) is 0 Å². The Kier molecular flexibility index (Phi) is 4.12. The maximum absolute atomic E-state index is 12.5. The summed E-state index contributed by atoms with van der Waals surface area (Å²) in [5.41, 5.74) is 3.18. The molecule has 4 nitrogen and oxygen atoms in total. The number of carbonyl (C=O) groups excluding carboxylic acids is 1. The molecule has 1 N–H and O–H groups in total. The molecule has 2 unspecified atom stereocenters. The monoisotopic (exact) mass is 330 g/mol. The maximum Gasteiger partial charge on any atom is 0.248 e. The Hall–Kier alpha value is -2.14. The van der Waals surface area contributed by atoms with Gasteiger partial charge in [-0.15, -0.1) is 0 Å². The van der Waals surface area contributed by atoms with E-state index in [0.29, 0.717) is 11.8 Å². The molecule has 6 rings (SSSR count). The lowest BCUT2D eigenvalue weighted by Gasteiger charge is -2.53. The molecule has 2 atom stereocenters. The van der Waals surface area contributed by atoms with E-state index in [-0.39, 0.29) is 14.3 Å². The number of pyridine rings is 1. The zero-order valence-electron chi connectivity index (χ0n) is 14.2. The van der Waals surface area contributed by atoms with Crippen LogP contribution in [0.5, 0.6) is 0 Å². The molecule has 1 saturated carbocycles. The first-order valence-electron chi connectivity index (χ1n) is 8.84. The number of aromatic nitrogens is 1. The van der Waals surface area contributed by atoms with Crippen LogP contribution in [0.2, 0.25) is 0 Å². The number of nitrogens with one attached hydrogen (secondary N) is 1. The Morgan fingerprint density at radius 3 is 2.72 bits per heavy atom. The summed E-state index contributed by atoms with van der Waals surface area (Å²) in [7, 11) is 0. The Bertz CT molecular complexity index is 818. The van der Waals surface area contributed by atoms with Crippen molar-refractivity contribution in [2.75, 3.05) is 25.0 Å². The topological polar surface area (TPSA) is 45.2 Å². The summed E-state index contributed by atoms with van der Waals surface area (Å²) in [4.78, 5) is 19.4. The fourth-order valence-electron chi connectivity index (χ4n) is 4.95. The Balaban J connectivity index is 0.00000157. The number of rotatable bonds is 2. The molecule has 4 fully saturated rings. The second kappa shape index (κ2) is 6.30. The van der Waals surface area contributed by atoms with Gasteiger partial charge in [-0.25, -0.2) is 0 Å². The summed E-state index contributed by atoms with van der Waals surface area (Å²) >= 11 is 0. The van der Waals surface area contributed by atoms with E-state index in [0.717, 1.165) is 35.6 Å². The Labute approximate surface area is 149 Å². The van der Waals surface area contributed by atoms with Crippen molar-refractivity contribution in [3.05, 3.63) is 48.2 Å². The van der Waals surface area contributed by atoms with Crippen LogP contribution < -0.4 is 5.32 Å². The van der Waals surface area contributed by atoms with Crippen LogP contribution in [0.25, 0.3) is 10.9 Å². The van der Waals surface area contributed by atoms with E-state index >= 15 is 0 Å². The number of hydrogen-bond donors (Lipinski definition) is 1. The second-order valence-electron chi connectivity index (χ2n) is 7.49. The standard InChI is InChI=1S/C20H21N3O.B/c24-20(22-17-3-4-19-14(8-17)2-1-5-21-19)9-18-15-6-13-7-16(18)12-23(10-13)11-15;/h1-5,8-9,13,15-16H,6-7,10-12H2,(H,22,24);. The number of piperidine rings is 3. The Morgan fingerprint density at radius 2 is 1.96 bits per heavy atom. The normalized spacial score (nSPS) is 29.4. The van der Waals surface area contributed by atoms with Crippen LogP contribution >= 0.6 is 0 Å². The minimum atomic E-state index is 0. The molecule has 1 aromatic carbocycles. The Morgan fingerprint density at radius 1 is 1.16 bits per heavy atom. The number of hydrogen-bond acceptors (Lipinski definition) is 3. The average Bonchev–Trinajstić information content (AvgIpc) is 2.57. The summed E-state index contributed by atoms with van der Waals surface area (Å²) in [6, 6.07) is 9.80. The van der Waals surface area contributed by atoms with Crippen LogP contribution in [-0.2, 0) is 4.79 Å². The van der Waals surface area contributed by atoms with E-state index in [4.69, 9.17) is 0 Å². The van der Waals surface area contributed by atoms with E-state index < -0.39 is 0 Å². The van der Waals surface area contributed by atoms with Gasteiger partial charge in [-0.1, -0.05) is 11.6 Å². The van der Waals surface area contributed by atoms with Crippen molar-refractivity contribution in [1.29, 1.82) is 0 Å². The van der Waals surface area contributed by atoms with E-state index in [1.165, 1.54) is 25.0 Å². The molecule has 1 aliphatic carbocycles. The highest BCUT2D eigenvalue weighted by Gasteiger charge is 2.44. The molecule has 125 valence electrons. The third kappa shape index (κ3) is 2.97. The molecule has 4 bridgehead atoms. The molecule has 1 aromatic heterocycles. The summed E-state index contributed by atoms with van der Waals surface area (Å²) in [6.45, 7) is 3.57. The first-order valence-corrected chi connectivity index (χ1v) is 8.84. The average molecular weight is 330 g/mol. The number of anilines is 1. The molecular weight excluding hydrogens is 309 g/mol. The zero-order valence-corrected chi connectivity index (χ0v) is 14.2. The lowest BCUT2D eigenvalue weighted by Crippen LogP contribution is -2.54. The molecular formula is C20H21BN3O. The molecule has 3 saturated heterocycles.